The largest absolute Gasteiger partial charge is 0.372 e. The van der Waals surface area contributed by atoms with Crippen LogP contribution in [0.1, 0.15) is 28.8 Å². The first-order valence-electron chi connectivity index (χ1n) is 7.45. The number of nitrogens with one attached hydrogen (secondary N) is 1. The van der Waals surface area contributed by atoms with Gasteiger partial charge in [-0.3, -0.25) is 4.79 Å². The van der Waals surface area contributed by atoms with Crippen molar-refractivity contribution in [3.8, 4) is 0 Å². The molecule has 0 spiro atoms. The Kier molecular flexibility index (Phi) is 3.91. The summed E-state index contributed by atoms with van der Waals surface area (Å²) in [6.07, 6.45) is 2.52. The molecule has 0 aliphatic carbocycles. The monoisotopic (exact) mass is 280 g/mol. The lowest BCUT2D eigenvalue weighted by atomic mass is 10.1. The molecule has 0 bridgehead atoms. The fourth-order valence-corrected chi connectivity index (χ4v) is 2.64. The van der Waals surface area contributed by atoms with E-state index in [0.717, 1.165) is 18.8 Å². The third-order valence-corrected chi connectivity index (χ3v) is 3.91. The van der Waals surface area contributed by atoms with Gasteiger partial charge in [0.15, 0.2) is 0 Å². The van der Waals surface area contributed by atoms with E-state index in [1.807, 2.05) is 55.5 Å². The Labute approximate surface area is 125 Å². The zero-order valence-corrected chi connectivity index (χ0v) is 12.3. The lowest BCUT2D eigenvalue weighted by molar-refractivity contribution is 0.102. The third-order valence-electron chi connectivity index (χ3n) is 3.91. The number of aryl methyl sites for hydroxylation is 1. The quantitative estimate of drug-likeness (QED) is 0.926. The van der Waals surface area contributed by atoms with Gasteiger partial charge in [0.05, 0.1) is 0 Å². The lowest BCUT2D eigenvalue weighted by Crippen LogP contribution is -2.18. The molecule has 1 saturated heterocycles. The molecule has 0 aromatic heterocycles. The molecule has 1 amide bonds. The topological polar surface area (TPSA) is 32.3 Å². The van der Waals surface area contributed by atoms with Crippen molar-refractivity contribution in [1.29, 1.82) is 0 Å². The van der Waals surface area contributed by atoms with Crippen molar-refractivity contribution in [2.24, 2.45) is 0 Å². The summed E-state index contributed by atoms with van der Waals surface area (Å²) in [5.41, 5.74) is 3.91. The Morgan fingerprint density at radius 1 is 0.952 bits per heavy atom. The highest BCUT2D eigenvalue weighted by Crippen LogP contribution is 2.21. The summed E-state index contributed by atoms with van der Waals surface area (Å²) in [6.45, 7) is 4.27. The smallest absolute Gasteiger partial charge is 0.255 e. The van der Waals surface area contributed by atoms with Crippen LogP contribution in [0.25, 0.3) is 0 Å². The van der Waals surface area contributed by atoms with E-state index >= 15 is 0 Å². The molecule has 0 saturated carbocycles. The number of hydrogen-bond donors (Lipinski definition) is 1. The minimum Gasteiger partial charge on any atom is -0.372 e. The molecule has 1 aliphatic heterocycles. The number of nitrogens with zero attached hydrogens (tertiary/aromatic N) is 1. The molecule has 108 valence electrons. The normalized spacial score (nSPS) is 14.2. The molecule has 1 heterocycles. The Morgan fingerprint density at radius 2 is 1.57 bits per heavy atom. The molecule has 2 aromatic rings. The molecule has 3 heteroatoms. The van der Waals surface area contributed by atoms with Gasteiger partial charge in [-0.1, -0.05) is 17.7 Å². The van der Waals surface area contributed by atoms with Crippen LogP contribution >= 0.6 is 0 Å². The molecule has 3 rings (SSSR count). The summed E-state index contributed by atoms with van der Waals surface area (Å²) in [6, 6.07) is 15.7. The van der Waals surface area contributed by atoms with Crippen molar-refractivity contribution < 1.29 is 4.79 Å². The van der Waals surface area contributed by atoms with E-state index in [0.29, 0.717) is 5.56 Å². The molecule has 1 fully saturated rings. The molecule has 21 heavy (non-hydrogen) atoms. The molecule has 1 aliphatic rings. The molecule has 0 radical (unpaired) electrons. The number of carbonyl (C=O) groups is 1. The number of carbonyl (C=O) groups excluding carboxylic acids is 1. The van der Waals surface area contributed by atoms with Crippen LogP contribution in [-0.4, -0.2) is 19.0 Å². The van der Waals surface area contributed by atoms with E-state index < -0.39 is 0 Å². The molecular formula is C18H20N2O. The highest BCUT2D eigenvalue weighted by atomic mass is 16.1. The van der Waals surface area contributed by atoms with Crippen LogP contribution in [-0.2, 0) is 0 Å². The second-order valence-electron chi connectivity index (χ2n) is 5.56. The van der Waals surface area contributed by atoms with Crippen LogP contribution in [0.5, 0.6) is 0 Å². The van der Waals surface area contributed by atoms with Crippen molar-refractivity contribution in [2.45, 2.75) is 19.8 Å². The van der Waals surface area contributed by atoms with Crippen LogP contribution in [0, 0.1) is 6.92 Å². The Bertz CT molecular complexity index is 611. The van der Waals surface area contributed by atoms with Gasteiger partial charge >= 0.3 is 0 Å². The average molecular weight is 280 g/mol. The Balaban J connectivity index is 1.68. The molecule has 1 N–H and O–H groups in total. The van der Waals surface area contributed by atoms with Crippen LogP contribution in [0.4, 0.5) is 11.4 Å². The van der Waals surface area contributed by atoms with Crippen LogP contribution in [0.15, 0.2) is 48.5 Å². The summed E-state index contributed by atoms with van der Waals surface area (Å²) >= 11 is 0. The zero-order chi connectivity index (χ0) is 14.7. The number of hydrogen-bond acceptors (Lipinski definition) is 2. The van der Waals surface area contributed by atoms with Crippen molar-refractivity contribution >= 4 is 17.3 Å². The first-order valence-corrected chi connectivity index (χ1v) is 7.45. The van der Waals surface area contributed by atoms with Crippen LogP contribution in [0.3, 0.4) is 0 Å². The number of anilines is 2. The van der Waals surface area contributed by atoms with Crippen molar-refractivity contribution in [1.82, 2.24) is 0 Å². The van der Waals surface area contributed by atoms with Gasteiger partial charge in [-0.25, -0.2) is 0 Å². The van der Waals surface area contributed by atoms with Crippen molar-refractivity contribution in [2.75, 3.05) is 23.3 Å². The van der Waals surface area contributed by atoms with Gasteiger partial charge in [0.2, 0.25) is 0 Å². The zero-order valence-electron chi connectivity index (χ0n) is 12.3. The number of benzene rings is 2. The third kappa shape index (κ3) is 3.24. The summed E-state index contributed by atoms with van der Waals surface area (Å²) < 4.78 is 0. The number of amides is 1. The summed E-state index contributed by atoms with van der Waals surface area (Å²) in [4.78, 5) is 14.6. The predicted octanol–water partition coefficient (Wildman–Crippen LogP) is 3.85. The van der Waals surface area contributed by atoms with Crippen molar-refractivity contribution in [3.05, 3.63) is 59.7 Å². The Morgan fingerprint density at radius 3 is 2.19 bits per heavy atom. The molecular weight excluding hydrogens is 260 g/mol. The van der Waals surface area contributed by atoms with Gasteiger partial charge in [-0.05, 0) is 56.2 Å². The van der Waals surface area contributed by atoms with E-state index in [1.54, 1.807) is 0 Å². The summed E-state index contributed by atoms with van der Waals surface area (Å²) in [5.74, 6) is -0.0631. The van der Waals surface area contributed by atoms with Gasteiger partial charge in [-0.2, -0.15) is 0 Å². The van der Waals surface area contributed by atoms with Gasteiger partial charge < -0.3 is 10.2 Å². The van der Waals surface area contributed by atoms with Gasteiger partial charge in [0, 0.05) is 30.0 Å². The summed E-state index contributed by atoms with van der Waals surface area (Å²) in [7, 11) is 0. The minimum absolute atomic E-state index is 0.0631. The first-order chi connectivity index (χ1) is 10.2. The van der Waals surface area contributed by atoms with E-state index in [4.69, 9.17) is 0 Å². The maximum atomic E-state index is 12.2. The molecule has 0 atom stereocenters. The number of rotatable bonds is 3. The van der Waals surface area contributed by atoms with E-state index in [2.05, 4.69) is 10.2 Å². The second-order valence-corrected chi connectivity index (χ2v) is 5.56. The van der Waals surface area contributed by atoms with Gasteiger partial charge in [-0.15, -0.1) is 0 Å². The predicted molar refractivity (Wildman–Crippen MR) is 87.0 cm³/mol. The van der Waals surface area contributed by atoms with E-state index in [9.17, 15) is 4.79 Å². The molecule has 3 nitrogen and oxygen atoms in total. The van der Waals surface area contributed by atoms with Gasteiger partial charge in [0.1, 0.15) is 0 Å². The second kappa shape index (κ2) is 6.00. The highest BCUT2D eigenvalue weighted by Gasteiger charge is 2.13. The first kappa shape index (κ1) is 13.7. The van der Waals surface area contributed by atoms with Crippen molar-refractivity contribution in [3.63, 3.8) is 0 Å². The van der Waals surface area contributed by atoms with E-state index in [1.165, 1.54) is 24.1 Å². The fourth-order valence-electron chi connectivity index (χ4n) is 2.64. The maximum Gasteiger partial charge on any atom is 0.255 e. The van der Waals surface area contributed by atoms with Gasteiger partial charge in [0.25, 0.3) is 5.91 Å². The Hall–Kier alpha value is -2.29. The standard InChI is InChI=1S/C18H20N2O/c1-14-4-8-16(9-5-14)19-18(21)15-6-10-17(11-7-15)20-12-2-3-13-20/h4-11H,2-3,12-13H2,1H3,(H,19,21). The highest BCUT2D eigenvalue weighted by molar-refractivity contribution is 6.04. The van der Waals surface area contributed by atoms with Crippen LogP contribution in [0.2, 0.25) is 0 Å². The maximum absolute atomic E-state index is 12.2. The lowest BCUT2D eigenvalue weighted by Gasteiger charge is -2.17. The summed E-state index contributed by atoms with van der Waals surface area (Å²) in [5, 5.41) is 2.92. The molecule has 2 aromatic carbocycles. The molecule has 0 unspecified atom stereocenters. The SMILES string of the molecule is Cc1ccc(NC(=O)c2ccc(N3CCCC3)cc2)cc1. The van der Waals surface area contributed by atoms with E-state index in [-0.39, 0.29) is 5.91 Å². The fraction of sp³-hybridized carbons (Fsp3) is 0.278. The average Bonchev–Trinajstić information content (AvgIpc) is 3.04. The van der Waals surface area contributed by atoms with Crippen LogP contribution < -0.4 is 10.2 Å². The minimum atomic E-state index is -0.0631.